The Labute approximate surface area is 165 Å². The van der Waals surface area contributed by atoms with Crippen LogP contribution < -0.4 is 0 Å². The molecule has 0 rings (SSSR count). The van der Waals surface area contributed by atoms with Crippen molar-refractivity contribution in [2.24, 2.45) is 17.3 Å². The molecule has 25 heavy (non-hydrogen) atoms. The normalized spacial score (nSPS) is 16.2. The van der Waals surface area contributed by atoms with Gasteiger partial charge in [-0.1, -0.05) is 78.5 Å². The van der Waals surface area contributed by atoms with E-state index in [-0.39, 0.29) is 11.0 Å². The van der Waals surface area contributed by atoms with Gasteiger partial charge < -0.3 is 4.43 Å². The fourth-order valence-electron chi connectivity index (χ4n) is 3.85. The van der Waals surface area contributed by atoms with Gasteiger partial charge in [0, 0.05) is 18.1 Å². The number of thioether (sulfide) groups is 1. The third-order valence-electron chi connectivity index (χ3n) is 6.16. The number of rotatable bonds is 14. The molecule has 150 valence electrons. The molecule has 2 unspecified atom stereocenters. The first-order valence-corrected chi connectivity index (χ1v) is 12.2. The zero-order valence-corrected chi connectivity index (χ0v) is 21.1. The van der Waals surface area contributed by atoms with Crippen LogP contribution in [-0.2, 0) is 9.22 Å². The summed E-state index contributed by atoms with van der Waals surface area (Å²) in [6.45, 7) is 16.0. The van der Waals surface area contributed by atoms with Crippen LogP contribution >= 0.6 is 11.8 Å². The lowest BCUT2D eigenvalue weighted by Gasteiger charge is -2.48. The predicted octanol–water partition coefficient (Wildman–Crippen LogP) is 5.76. The molecule has 0 aliphatic heterocycles. The molecule has 0 aromatic carbocycles. The van der Waals surface area contributed by atoms with Gasteiger partial charge in [-0.2, -0.15) is 0 Å². The van der Waals surface area contributed by atoms with Crippen LogP contribution in [0.25, 0.3) is 0 Å². The Kier molecular flexibility index (Phi) is 12.7. The highest BCUT2D eigenvalue weighted by atomic mass is 32.2. The topological polar surface area (TPSA) is 26.3 Å². The van der Waals surface area contributed by atoms with Crippen molar-refractivity contribution < 1.29 is 9.22 Å². The van der Waals surface area contributed by atoms with E-state index >= 15 is 0 Å². The van der Waals surface area contributed by atoms with Crippen LogP contribution in [0.5, 0.6) is 0 Å². The molecule has 0 amide bonds. The minimum Gasteiger partial charge on any atom is -0.423 e. The van der Waals surface area contributed by atoms with Gasteiger partial charge in [-0.05, 0) is 38.0 Å². The molecule has 0 spiro atoms. The standard InChI is InChI=1S/C21H44O2SSi/c1-8-10-11-12-13-14-19(22)24-16-18(20(5,6)23-25)21(7,15-9-2)17(3)4/h17-18H,8-16H2,1-7,25H3. The van der Waals surface area contributed by atoms with Crippen LogP contribution in [-0.4, -0.2) is 27.0 Å². The van der Waals surface area contributed by atoms with Crippen molar-refractivity contribution >= 4 is 27.4 Å². The fourth-order valence-corrected chi connectivity index (χ4v) is 5.56. The molecule has 0 aliphatic rings. The van der Waals surface area contributed by atoms with Gasteiger partial charge in [0.1, 0.15) is 10.5 Å². The minimum atomic E-state index is -0.158. The van der Waals surface area contributed by atoms with Gasteiger partial charge in [-0.3, -0.25) is 4.79 Å². The summed E-state index contributed by atoms with van der Waals surface area (Å²) in [5.74, 6) is 1.86. The molecule has 2 atom stereocenters. The van der Waals surface area contributed by atoms with Crippen molar-refractivity contribution in [1.29, 1.82) is 0 Å². The maximum Gasteiger partial charge on any atom is 0.188 e. The molecule has 0 fully saturated rings. The van der Waals surface area contributed by atoms with Crippen molar-refractivity contribution in [1.82, 2.24) is 0 Å². The lowest BCUT2D eigenvalue weighted by molar-refractivity contribution is -0.111. The van der Waals surface area contributed by atoms with Gasteiger partial charge in [0.2, 0.25) is 0 Å². The second-order valence-electron chi connectivity index (χ2n) is 8.62. The zero-order valence-electron chi connectivity index (χ0n) is 18.2. The van der Waals surface area contributed by atoms with Crippen LogP contribution in [0.4, 0.5) is 0 Å². The molecule has 0 aliphatic carbocycles. The molecular weight excluding hydrogens is 344 g/mol. The average Bonchev–Trinajstić information content (AvgIpc) is 2.54. The molecule has 0 N–H and O–H groups in total. The summed E-state index contributed by atoms with van der Waals surface area (Å²) in [6, 6.07) is 0. The average molecular weight is 389 g/mol. The molecule has 4 heteroatoms. The Morgan fingerprint density at radius 3 is 2.12 bits per heavy atom. The third kappa shape index (κ3) is 8.62. The summed E-state index contributed by atoms with van der Waals surface area (Å²) < 4.78 is 6.01. The second kappa shape index (κ2) is 12.6. The molecule has 2 nitrogen and oxygen atoms in total. The number of carbonyl (C=O) groups is 1. The number of hydrogen-bond acceptors (Lipinski definition) is 3. The largest absolute Gasteiger partial charge is 0.423 e. The second-order valence-corrected chi connectivity index (χ2v) is 10.1. The first-order valence-electron chi connectivity index (χ1n) is 10.4. The maximum atomic E-state index is 12.4. The van der Waals surface area contributed by atoms with Gasteiger partial charge in [-0.25, -0.2) is 0 Å². The Bertz CT molecular complexity index is 371. The van der Waals surface area contributed by atoms with E-state index in [2.05, 4.69) is 48.5 Å². The van der Waals surface area contributed by atoms with Gasteiger partial charge in [0.15, 0.2) is 5.12 Å². The Morgan fingerprint density at radius 2 is 1.64 bits per heavy atom. The summed E-state index contributed by atoms with van der Waals surface area (Å²) in [7, 11) is 0.741. The van der Waals surface area contributed by atoms with Gasteiger partial charge >= 0.3 is 0 Å². The Hall–Kier alpha value is 0.197. The Morgan fingerprint density at radius 1 is 1.04 bits per heavy atom. The molecule has 0 bridgehead atoms. The molecule has 0 radical (unpaired) electrons. The minimum absolute atomic E-state index is 0.158. The van der Waals surface area contributed by atoms with Crippen molar-refractivity contribution in [3.05, 3.63) is 0 Å². The van der Waals surface area contributed by atoms with Crippen LogP contribution in [0, 0.1) is 17.3 Å². The van der Waals surface area contributed by atoms with E-state index in [1.165, 1.54) is 38.5 Å². The highest BCUT2D eigenvalue weighted by Crippen LogP contribution is 2.47. The van der Waals surface area contributed by atoms with E-state index in [1.807, 2.05) is 0 Å². The molecule has 0 saturated carbocycles. The van der Waals surface area contributed by atoms with Crippen LogP contribution in [0.2, 0.25) is 0 Å². The number of carbonyl (C=O) groups excluding carboxylic acids is 1. The van der Waals surface area contributed by atoms with E-state index < -0.39 is 0 Å². The number of unbranched alkanes of at least 4 members (excludes halogenated alkanes) is 4. The van der Waals surface area contributed by atoms with Gasteiger partial charge in [0.25, 0.3) is 0 Å². The van der Waals surface area contributed by atoms with Crippen molar-refractivity contribution in [3.8, 4) is 0 Å². The van der Waals surface area contributed by atoms with Crippen LogP contribution in [0.3, 0.4) is 0 Å². The van der Waals surface area contributed by atoms with Gasteiger partial charge in [-0.15, -0.1) is 0 Å². The smallest absolute Gasteiger partial charge is 0.188 e. The zero-order chi connectivity index (χ0) is 19.5. The van der Waals surface area contributed by atoms with Crippen molar-refractivity contribution in [2.75, 3.05) is 5.75 Å². The summed E-state index contributed by atoms with van der Waals surface area (Å²) in [4.78, 5) is 12.4. The third-order valence-corrected chi connectivity index (χ3v) is 8.24. The lowest BCUT2D eigenvalue weighted by atomic mass is 9.62. The highest BCUT2D eigenvalue weighted by Gasteiger charge is 2.44. The monoisotopic (exact) mass is 388 g/mol. The lowest BCUT2D eigenvalue weighted by Crippen LogP contribution is -2.48. The quantitative estimate of drug-likeness (QED) is 0.279. The maximum absolute atomic E-state index is 12.4. The van der Waals surface area contributed by atoms with Crippen LogP contribution in [0.15, 0.2) is 0 Å². The van der Waals surface area contributed by atoms with E-state index in [0.29, 0.717) is 17.0 Å². The molecule has 0 heterocycles. The predicted molar refractivity (Wildman–Crippen MR) is 117 cm³/mol. The summed E-state index contributed by atoms with van der Waals surface area (Å²) in [5.41, 5.74) is 0.0475. The van der Waals surface area contributed by atoms with Gasteiger partial charge in [0.05, 0.1) is 5.60 Å². The fraction of sp³-hybridized carbons (Fsp3) is 0.952. The highest BCUT2D eigenvalue weighted by molar-refractivity contribution is 8.13. The van der Waals surface area contributed by atoms with E-state index in [9.17, 15) is 4.79 Å². The van der Waals surface area contributed by atoms with Crippen molar-refractivity contribution in [2.45, 2.75) is 105 Å². The van der Waals surface area contributed by atoms with E-state index in [0.717, 1.165) is 29.1 Å². The SMILES string of the molecule is CCCCCCCC(=O)SCC(C(C)(C)O[SiH3])C(C)(CCC)C(C)C. The Balaban J connectivity index is 4.84. The molecule has 0 aromatic rings. The summed E-state index contributed by atoms with van der Waals surface area (Å²) in [5, 5.41) is 0.369. The number of hydrogen-bond donors (Lipinski definition) is 0. The summed E-state index contributed by atoms with van der Waals surface area (Å²) >= 11 is 1.56. The molecule has 0 saturated heterocycles. The molecular formula is C21H44O2SSi. The van der Waals surface area contributed by atoms with E-state index in [4.69, 9.17) is 4.43 Å². The van der Waals surface area contributed by atoms with Crippen LogP contribution in [0.1, 0.15) is 99.8 Å². The van der Waals surface area contributed by atoms with E-state index in [1.54, 1.807) is 11.8 Å². The molecule has 0 aromatic heterocycles. The summed E-state index contributed by atoms with van der Waals surface area (Å²) in [6.07, 6.45) is 9.15. The first kappa shape index (κ1) is 25.2. The van der Waals surface area contributed by atoms with Crippen molar-refractivity contribution in [3.63, 3.8) is 0 Å². The first-order chi connectivity index (χ1) is 11.7.